The first-order valence-electron chi connectivity index (χ1n) is 8.36. The van der Waals surface area contributed by atoms with E-state index in [2.05, 4.69) is 4.74 Å². The summed E-state index contributed by atoms with van der Waals surface area (Å²) in [5.74, 6) is -1.12. The predicted octanol–water partition coefficient (Wildman–Crippen LogP) is 1.04. The number of halogens is 1. The average molecular weight is 419 g/mol. The second-order valence-electron chi connectivity index (χ2n) is 6.68. The Morgan fingerprint density at radius 3 is 2.37 bits per heavy atom. The number of nitrogens with two attached hydrogens (primary N) is 1. The van der Waals surface area contributed by atoms with E-state index in [0.29, 0.717) is 13.1 Å². The highest BCUT2D eigenvalue weighted by atomic mass is 35.5. The van der Waals surface area contributed by atoms with Crippen LogP contribution >= 0.6 is 12.4 Å². The van der Waals surface area contributed by atoms with Gasteiger partial charge in [-0.05, 0) is 42.9 Å². The van der Waals surface area contributed by atoms with Gasteiger partial charge in [-0.1, -0.05) is 0 Å². The van der Waals surface area contributed by atoms with Crippen molar-refractivity contribution in [3.63, 3.8) is 0 Å². The van der Waals surface area contributed by atoms with Crippen molar-refractivity contribution in [2.24, 2.45) is 17.6 Å². The molecule has 2 aliphatic rings. The van der Waals surface area contributed by atoms with Gasteiger partial charge in [-0.2, -0.15) is 4.31 Å². The van der Waals surface area contributed by atoms with E-state index in [1.165, 1.54) is 36.7 Å². The molecule has 2 N–H and O–H groups in total. The number of fused-ring (bicyclic) bond motifs is 1. The maximum atomic E-state index is 13.2. The quantitative estimate of drug-likeness (QED) is 0.726. The van der Waals surface area contributed by atoms with E-state index >= 15 is 0 Å². The zero-order valence-electron chi connectivity index (χ0n) is 15.1. The van der Waals surface area contributed by atoms with Gasteiger partial charge >= 0.3 is 11.9 Å². The largest absolute Gasteiger partial charge is 0.465 e. The van der Waals surface area contributed by atoms with Crippen molar-refractivity contribution >= 4 is 34.4 Å². The molecule has 27 heavy (non-hydrogen) atoms. The van der Waals surface area contributed by atoms with Crippen LogP contribution in [0.5, 0.6) is 0 Å². The van der Waals surface area contributed by atoms with Gasteiger partial charge in [0.05, 0.1) is 30.2 Å². The minimum absolute atomic E-state index is 0. The van der Waals surface area contributed by atoms with Crippen LogP contribution in [-0.2, 0) is 19.5 Å². The number of esters is 2. The summed E-state index contributed by atoms with van der Waals surface area (Å²) in [4.78, 5) is 23.6. The average Bonchev–Trinajstić information content (AvgIpc) is 3.22. The molecule has 2 fully saturated rings. The molecule has 150 valence electrons. The van der Waals surface area contributed by atoms with Crippen molar-refractivity contribution in [3.8, 4) is 0 Å². The molecule has 0 radical (unpaired) electrons. The Labute approximate surface area is 164 Å². The third kappa shape index (κ3) is 3.82. The highest BCUT2D eigenvalue weighted by Crippen LogP contribution is 2.39. The first-order chi connectivity index (χ1) is 12.3. The topological polar surface area (TPSA) is 116 Å². The van der Waals surface area contributed by atoms with Crippen LogP contribution < -0.4 is 5.73 Å². The van der Waals surface area contributed by atoms with Gasteiger partial charge in [-0.25, -0.2) is 18.0 Å². The minimum atomic E-state index is -3.99. The minimum Gasteiger partial charge on any atom is -0.465 e. The lowest BCUT2D eigenvalue weighted by molar-refractivity contribution is 0.0583. The standard InChI is InChI=1S/C17H22N2O6S.ClH/c1-24-16(20)10-3-5-12(17(21)25-2)15(7-10)26(22,23)19-8-11-4-6-14(18)13(11)9-19;/h3,5,7,11,13-14H,4,6,8-9,18H2,1-2H3;1H. The predicted molar refractivity (Wildman–Crippen MR) is 99.3 cm³/mol. The highest BCUT2D eigenvalue weighted by Gasteiger charge is 2.45. The Morgan fingerprint density at radius 2 is 1.78 bits per heavy atom. The molecule has 1 saturated carbocycles. The fourth-order valence-corrected chi connectivity index (χ4v) is 5.60. The van der Waals surface area contributed by atoms with Gasteiger partial charge in [0.1, 0.15) is 0 Å². The number of ether oxygens (including phenoxy) is 2. The molecule has 0 bridgehead atoms. The second kappa shape index (κ2) is 8.14. The molecule has 3 atom stereocenters. The lowest BCUT2D eigenvalue weighted by atomic mass is 9.98. The van der Waals surface area contributed by atoms with Crippen LogP contribution in [-0.4, -0.2) is 58.0 Å². The monoisotopic (exact) mass is 418 g/mol. The van der Waals surface area contributed by atoms with Crippen LogP contribution in [0.15, 0.2) is 23.1 Å². The number of carbonyl (C=O) groups excluding carboxylic acids is 2. The Morgan fingerprint density at radius 1 is 1.11 bits per heavy atom. The number of rotatable bonds is 4. The van der Waals surface area contributed by atoms with Gasteiger partial charge in [0.2, 0.25) is 10.0 Å². The zero-order chi connectivity index (χ0) is 19.1. The molecule has 1 heterocycles. The van der Waals surface area contributed by atoms with Crippen molar-refractivity contribution in [2.45, 2.75) is 23.8 Å². The molecule has 1 aromatic carbocycles. The Kier molecular flexibility index (Phi) is 6.51. The fraction of sp³-hybridized carbons (Fsp3) is 0.529. The van der Waals surface area contributed by atoms with E-state index in [-0.39, 0.29) is 46.3 Å². The van der Waals surface area contributed by atoms with Crippen LogP contribution in [0.2, 0.25) is 0 Å². The summed E-state index contributed by atoms with van der Waals surface area (Å²) in [5, 5.41) is 0. The van der Waals surface area contributed by atoms with Crippen LogP contribution in [0, 0.1) is 11.8 Å². The van der Waals surface area contributed by atoms with Gasteiger partial charge in [0, 0.05) is 19.1 Å². The number of hydrogen-bond acceptors (Lipinski definition) is 7. The lowest BCUT2D eigenvalue weighted by Gasteiger charge is -2.20. The Hall–Kier alpha value is -1.68. The SMILES string of the molecule is COC(=O)c1ccc(C(=O)OC)c(S(=O)(=O)N2CC3CCC(N)C3C2)c1.Cl. The fourth-order valence-electron chi connectivity index (χ4n) is 3.86. The smallest absolute Gasteiger partial charge is 0.339 e. The third-order valence-electron chi connectivity index (χ3n) is 5.30. The van der Waals surface area contributed by atoms with E-state index in [1.54, 1.807) is 0 Å². The van der Waals surface area contributed by atoms with Crippen LogP contribution in [0.3, 0.4) is 0 Å². The summed E-state index contributed by atoms with van der Waals surface area (Å²) >= 11 is 0. The molecule has 1 saturated heterocycles. The molecule has 1 aliphatic carbocycles. The number of sulfonamides is 1. The molecular weight excluding hydrogens is 396 g/mol. The van der Waals surface area contributed by atoms with Gasteiger partial charge < -0.3 is 15.2 Å². The lowest BCUT2D eigenvalue weighted by Crippen LogP contribution is -2.34. The highest BCUT2D eigenvalue weighted by molar-refractivity contribution is 7.89. The summed E-state index contributed by atoms with van der Waals surface area (Å²) in [7, 11) is -1.61. The number of nitrogens with zero attached hydrogens (tertiary/aromatic N) is 1. The van der Waals surface area contributed by atoms with Crippen LogP contribution in [0.4, 0.5) is 0 Å². The molecule has 10 heteroatoms. The van der Waals surface area contributed by atoms with Gasteiger partial charge in [-0.15, -0.1) is 12.4 Å². The first-order valence-corrected chi connectivity index (χ1v) is 9.80. The van der Waals surface area contributed by atoms with Crippen molar-refractivity contribution in [2.75, 3.05) is 27.3 Å². The number of hydrogen-bond donors (Lipinski definition) is 1. The zero-order valence-corrected chi connectivity index (χ0v) is 16.7. The Bertz CT molecular complexity index is 844. The normalized spacial score (nSPS) is 24.8. The number of benzene rings is 1. The number of carbonyl (C=O) groups is 2. The summed E-state index contributed by atoms with van der Waals surface area (Å²) in [6.07, 6.45) is 1.79. The van der Waals surface area contributed by atoms with E-state index in [4.69, 9.17) is 10.5 Å². The molecule has 0 amide bonds. The van der Waals surface area contributed by atoms with Crippen molar-refractivity contribution in [3.05, 3.63) is 29.3 Å². The maximum absolute atomic E-state index is 13.2. The second-order valence-corrected chi connectivity index (χ2v) is 8.59. The summed E-state index contributed by atoms with van der Waals surface area (Å²) in [6, 6.07) is 3.77. The van der Waals surface area contributed by atoms with E-state index in [9.17, 15) is 18.0 Å². The molecule has 1 aliphatic heterocycles. The van der Waals surface area contributed by atoms with Crippen molar-refractivity contribution in [1.82, 2.24) is 4.31 Å². The molecule has 3 unspecified atom stereocenters. The molecule has 0 spiro atoms. The van der Waals surface area contributed by atoms with Crippen molar-refractivity contribution < 1.29 is 27.5 Å². The molecule has 0 aromatic heterocycles. The summed E-state index contributed by atoms with van der Waals surface area (Å²) in [6.45, 7) is 0.682. The Balaban J connectivity index is 0.00000261. The maximum Gasteiger partial charge on any atom is 0.339 e. The van der Waals surface area contributed by atoms with E-state index in [1.807, 2.05) is 0 Å². The van der Waals surface area contributed by atoms with Gasteiger partial charge in [0.25, 0.3) is 0 Å². The molecule has 3 rings (SSSR count). The van der Waals surface area contributed by atoms with Gasteiger partial charge in [-0.3, -0.25) is 0 Å². The summed E-state index contributed by atoms with van der Waals surface area (Å²) < 4.78 is 37.1. The molecule has 1 aromatic rings. The third-order valence-corrected chi connectivity index (χ3v) is 7.18. The van der Waals surface area contributed by atoms with E-state index < -0.39 is 22.0 Å². The van der Waals surface area contributed by atoms with Crippen molar-refractivity contribution in [1.29, 1.82) is 0 Å². The van der Waals surface area contributed by atoms with Crippen LogP contribution in [0.1, 0.15) is 33.6 Å². The number of methoxy groups -OCH3 is 2. The van der Waals surface area contributed by atoms with Gasteiger partial charge in [0.15, 0.2) is 0 Å². The van der Waals surface area contributed by atoms with Crippen LogP contribution in [0.25, 0.3) is 0 Å². The first kappa shape index (κ1) is 21.6. The summed E-state index contributed by atoms with van der Waals surface area (Å²) in [5.41, 5.74) is 6.03. The van der Waals surface area contributed by atoms with E-state index in [0.717, 1.165) is 12.8 Å². The molecule has 8 nitrogen and oxygen atoms in total. The molecular formula is C17H23ClN2O6S.